The van der Waals surface area contributed by atoms with E-state index in [0.29, 0.717) is 31.6 Å². The number of carbonyl (C=O) groups excluding carboxylic acids is 1. The minimum absolute atomic E-state index is 0.0744. The highest BCUT2D eigenvalue weighted by Gasteiger charge is 2.23. The standard InChI is InChI=1S/C20H17FN4O/c21-15-6-4-14(5-7-15)19-16-8-11-25(12-9-17(16)23-13-24-19)20(26)18-3-1-2-10-22-18/h1-7,10,13H,8-9,11-12H2. The fourth-order valence-electron chi connectivity index (χ4n) is 3.24. The highest BCUT2D eigenvalue weighted by Crippen LogP contribution is 2.26. The third-order valence-electron chi connectivity index (χ3n) is 4.57. The number of aromatic nitrogens is 3. The number of rotatable bonds is 2. The average molecular weight is 348 g/mol. The van der Waals surface area contributed by atoms with Gasteiger partial charge in [0.25, 0.3) is 5.91 Å². The van der Waals surface area contributed by atoms with Gasteiger partial charge < -0.3 is 4.90 Å². The van der Waals surface area contributed by atoms with Crippen molar-refractivity contribution in [2.24, 2.45) is 0 Å². The van der Waals surface area contributed by atoms with E-state index in [1.54, 1.807) is 35.4 Å². The molecule has 0 aliphatic carbocycles. The zero-order valence-corrected chi connectivity index (χ0v) is 14.1. The van der Waals surface area contributed by atoms with Crippen LogP contribution in [0.5, 0.6) is 0 Å². The van der Waals surface area contributed by atoms with E-state index >= 15 is 0 Å². The number of benzene rings is 1. The van der Waals surface area contributed by atoms with Crippen molar-refractivity contribution in [3.05, 3.63) is 77.8 Å². The number of pyridine rings is 1. The molecule has 1 amide bonds. The Labute approximate surface area is 150 Å². The molecule has 0 fully saturated rings. The molecule has 0 saturated carbocycles. The van der Waals surface area contributed by atoms with Gasteiger partial charge in [0.05, 0.1) is 5.69 Å². The number of carbonyl (C=O) groups is 1. The minimum Gasteiger partial charge on any atom is -0.337 e. The van der Waals surface area contributed by atoms with Crippen molar-refractivity contribution >= 4 is 5.91 Å². The summed E-state index contributed by atoms with van der Waals surface area (Å²) >= 11 is 0. The molecule has 0 spiro atoms. The Kier molecular flexibility index (Phi) is 4.39. The van der Waals surface area contributed by atoms with Gasteiger partial charge in [-0.05, 0) is 42.8 Å². The summed E-state index contributed by atoms with van der Waals surface area (Å²) in [6.45, 7) is 1.16. The molecular formula is C20H17FN4O. The van der Waals surface area contributed by atoms with Crippen LogP contribution in [-0.4, -0.2) is 38.8 Å². The molecule has 0 N–H and O–H groups in total. The molecule has 130 valence electrons. The van der Waals surface area contributed by atoms with Crippen molar-refractivity contribution in [1.82, 2.24) is 19.9 Å². The van der Waals surface area contributed by atoms with Gasteiger partial charge in [-0.1, -0.05) is 6.07 Å². The molecule has 3 heterocycles. The molecule has 1 aliphatic heterocycles. The third-order valence-corrected chi connectivity index (χ3v) is 4.57. The number of fused-ring (bicyclic) bond motifs is 1. The van der Waals surface area contributed by atoms with E-state index in [1.165, 1.54) is 18.5 Å². The van der Waals surface area contributed by atoms with Crippen LogP contribution < -0.4 is 0 Å². The number of amides is 1. The second-order valence-corrected chi connectivity index (χ2v) is 6.16. The smallest absolute Gasteiger partial charge is 0.272 e. The summed E-state index contributed by atoms with van der Waals surface area (Å²) in [4.78, 5) is 27.5. The van der Waals surface area contributed by atoms with Crippen LogP contribution in [0.2, 0.25) is 0 Å². The quantitative estimate of drug-likeness (QED) is 0.714. The molecule has 26 heavy (non-hydrogen) atoms. The molecule has 0 bridgehead atoms. The Bertz CT molecular complexity index is 928. The van der Waals surface area contributed by atoms with Gasteiger partial charge in [-0.2, -0.15) is 0 Å². The number of halogens is 1. The molecule has 0 saturated heterocycles. The summed E-state index contributed by atoms with van der Waals surface area (Å²) in [5.41, 5.74) is 4.08. The van der Waals surface area contributed by atoms with Crippen LogP contribution in [0.1, 0.15) is 21.7 Å². The monoisotopic (exact) mass is 348 g/mol. The van der Waals surface area contributed by atoms with Crippen LogP contribution in [0.4, 0.5) is 4.39 Å². The first-order valence-corrected chi connectivity index (χ1v) is 8.51. The summed E-state index contributed by atoms with van der Waals surface area (Å²) in [6.07, 6.45) is 4.47. The summed E-state index contributed by atoms with van der Waals surface area (Å²) in [6, 6.07) is 11.6. The first kappa shape index (κ1) is 16.3. The Morgan fingerprint density at radius 1 is 0.962 bits per heavy atom. The van der Waals surface area contributed by atoms with Crippen LogP contribution >= 0.6 is 0 Å². The van der Waals surface area contributed by atoms with Crippen LogP contribution in [0.15, 0.2) is 55.0 Å². The van der Waals surface area contributed by atoms with Gasteiger partial charge in [-0.25, -0.2) is 14.4 Å². The maximum atomic E-state index is 13.2. The summed E-state index contributed by atoms with van der Waals surface area (Å²) in [5, 5.41) is 0. The zero-order valence-electron chi connectivity index (χ0n) is 14.1. The molecule has 1 aromatic carbocycles. The van der Waals surface area contributed by atoms with Gasteiger partial charge in [0.2, 0.25) is 0 Å². The fraction of sp³-hybridized carbons (Fsp3) is 0.200. The topological polar surface area (TPSA) is 59.0 Å². The van der Waals surface area contributed by atoms with E-state index in [9.17, 15) is 9.18 Å². The molecule has 5 nitrogen and oxygen atoms in total. The largest absolute Gasteiger partial charge is 0.337 e. The first-order chi connectivity index (χ1) is 12.7. The van der Waals surface area contributed by atoms with Crippen molar-refractivity contribution in [3.8, 4) is 11.3 Å². The van der Waals surface area contributed by atoms with Gasteiger partial charge >= 0.3 is 0 Å². The lowest BCUT2D eigenvalue weighted by Gasteiger charge is -2.19. The molecule has 0 radical (unpaired) electrons. The van der Waals surface area contributed by atoms with Crippen molar-refractivity contribution in [1.29, 1.82) is 0 Å². The number of hydrogen-bond acceptors (Lipinski definition) is 4. The van der Waals surface area contributed by atoms with Gasteiger partial charge in [0, 0.05) is 42.5 Å². The van der Waals surface area contributed by atoms with Crippen molar-refractivity contribution in [3.63, 3.8) is 0 Å². The molecule has 4 rings (SSSR count). The highest BCUT2D eigenvalue weighted by atomic mass is 19.1. The van der Waals surface area contributed by atoms with Gasteiger partial charge in [0.1, 0.15) is 17.8 Å². The molecule has 0 unspecified atom stereocenters. The normalized spacial score (nSPS) is 13.8. The van der Waals surface area contributed by atoms with Gasteiger partial charge in [-0.15, -0.1) is 0 Å². The van der Waals surface area contributed by atoms with Crippen molar-refractivity contribution in [2.75, 3.05) is 13.1 Å². The van der Waals surface area contributed by atoms with E-state index in [1.807, 2.05) is 6.07 Å². The lowest BCUT2D eigenvalue weighted by atomic mass is 10.0. The van der Waals surface area contributed by atoms with Crippen molar-refractivity contribution in [2.45, 2.75) is 12.8 Å². The molecular weight excluding hydrogens is 331 g/mol. The summed E-state index contributed by atoms with van der Waals surface area (Å²) < 4.78 is 13.2. The third kappa shape index (κ3) is 3.18. The van der Waals surface area contributed by atoms with Gasteiger partial charge in [-0.3, -0.25) is 9.78 Å². The maximum absolute atomic E-state index is 13.2. The van der Waals surface area contributed by atoms with Gasteiger partial charge in [0.15, 0.2) is 0 Å². The lowest BCUT2D eigenvalue weighted by molar-refractivity contribution is 0.0757. The Morgan fingerprint density at radius 3 is 2.54 bits per heavy atom. The highest BCUT2D eigenvalue weighted by molar-refractivity contribution is 5.92. The molecule has 0 atom stereocenters. The van der Waals surface area contributed by atoms with E-state index < -0.39 is 0 Å². The van der Waals surface area contributed by atoms with Crippen LogP contribution in [0, 0.1) is 5.82 Å². The second kappa shape index (κ2) is 7.00. The summed E-state index contributed by atoms with van der Waals surface area (Å²) in [5.74, 6) is -0.351. The predicted molar refractivity (Wildman–Crippen MR) is 95.0 cm³/mol. The average Bonchev–Trinajstić information content (AvgIpc) is 2.91. The SMILES string of the molecule is O=C(c1ccccn1)N1CCc2ncnc(-c3ccc(F)cc3)c2CC1. The van der Waals surface area contributed by atoms with Crippen LogP contribution in [0.3, 0.4) is 0 Å². The number of hydrogen-bond donors (Lipinski definition) is 0. The van der Waals surface area contributed by atoms with E-state index in [0.717, 1.165) is 22.5 Å². The minimum atomic E-state index is -0.277. The lowest BCUT2D eigenvalue weighted by Crippen LogP contribution is -2.33. The van der Waals surface area contributed by atoms with E-state index in [-0.39, 0.29) is 11.7 Å². The molecule has 1 aliphatic rings. The van der Waals surface area contributed by atoms with Crippen molar-refractivity contribution < 1.29 is 9.18 Å². The Hall–Kier alpha value is -3.15. The second-order valence-electron chi connectivity index (χ2n) is 6.16. The van der Waals surface area contributed by atoms with Crippen LogP contribution in [-0.2, 0) is 12.8 Å². The predicted octanol–water partition coefficient (Wildman–Crippen LogP) is 2.92. The molecule has 6 heteroatoms. The van der Waals surface area contributed by atoms with E-state index in [2.05, 4.69) is 15.0 Å². The Morgan fingerprint density at radius 2 is 1.77 bits per heavy atom. The fourth-order valence-corrected chi connectivity index (χ4v) is 3.24. The maximum Gasteiger partial charge on any atom is 0.272 e. The summed E-state index contributed by atoms with van der Waals surface area (Å²) in [7, 11) is 0. The zero-order chi connectivity index (χ0) is 17.9. The molecule has 2 aromatic heterocycles. The van der Waals surface area contributed by atoms with Crippen LogP contribution in [0.25, 0.3) is 11.3 Å². The first-order valence-electron chi connectivity index (χ1n) is 8.51. The molecule has 3 aromatic rings. The van der Waals surface area contributed by atoms with E-state index in [4.69, 9.17) is 0 Å². The number of nitrogens with zero attached hydrogens (tertiary/aromatic N) is 4. The Balaban J connectivity index is 1.61.